The summed E-state index contributed by atoms with van der Waals surface area (Å²) in [5.41, 5.74) is 1.19. The van der Waals surface area contributed by atoms with E-state index >= 15 is 0 Å². The highest BCUT2D eigenvalue weighted by atomic mass is 16.5. The Kier molecular flexibility index (Phi) is 7.31. The topological polar surface area (TPSA) is 18.5 Å². The van der Waals surface area contributed by atoms with Crippen molar-refractivity contribution in [3.05, 3.63) is 23.8 Å². The third-order valence-corrected chi connectivity index (χ3v) is 3.07. The molecule has 0 aliphatic rings. The van der Waals surface area contributed by atoms with E-state index in [1.807, 2.05) is 12.1 Å². The summed E-state index contributed by atoms with van der Waals surface area (Å²) in [7, 11) is 1.69. The molecule has 0 aliphatic heterocycles. The predicted octanol–water partition coefficient (Wildman–Crippen LogP) is 4.74. The number of hydrogen-bond donors (Lipinski definition) is 0. The van der Waals surface area contributed by atoms with Crippen LogP contribution in [0, 0.1) is 6.92 Å². The van der Waals surface area contributed by atoms with Crippen LogP contribution in [0.15, 0.2) is 18.2 Å². The molecule has 18 heavy (non-hydrogen) atoms. The van der Waals surface area contributed by atoms with E-state index in [1.54, 1.807) is 7.11 Å². The van der Waals surface area contributed by atoms with Crippen molar-refractivity contribution >= 4 is 0 Å². The highest BCUT2D eigenvalue weighted by Gasteiger charge is 2.03. The minimum absolute atomic E-state index is 0.783. The van der Waals surface area contributed by atoms with Crippen LogP contribution in [0.5, 0.6) is 11.5 Å². The maximum absolute atomic E-state index is 5.76. The average Bonchev–Trinajstić information content (AvgIpc) is 2.39. The molecule has 0 unspecified atom stereocenters. The van der Waals surface area contributed by atoms with Gasteiger partial charge >= 0.3 is 0 Å². The molecule has 2 nitrogen and oxygen atoms in total. The summed E-state index contributed by atoms with van der Waals surface area (Å²) in [4.78, 5) is 0. The molecular formula is C16H26O2. The summed E-state index contributed by atoms with van der Waals surface area (Å²) in [5.74, 6) is 1.69. The maximum atomic E-state index is 5.76. The van der Waals surface area contributed by atoms with Gasteiger partial charge in [0.05, 0.1) is 13.7 Å². The zero-order valence-electron chi connectivity index (χ0n) is 12.0. The monoisotopic (exact) mass is 250 g/mol. The Labute approximate surface area is 111 Å². The minimum atomic E-state index is 0.783. The zero-order valence-corrected chi connectivity index (χ0v) is 12.0. The van der Waals surface area contributed by atoms with E-state index < -0.39 is 0 Å². The molecule has 1 rings (SSSR count). The lowest BCUT2D eigenvalue weighted by Gasteiger charge is -2.11. The second-order valence-corrected chi connectivity index (χ2v) is 4.77. The van der Waals surface area contributed by atoms with E-state index in [0.717, 1.165) is 24.5 Å². The fourth-order valence-electron chi connectivity index (χ4n) is 1.96. The first-order valence-electron chi connectivity index (χ1n) is 7.05. The van der Waals surface area contributed by atoms with Crippen LogP contribution < -0.4 is 9.47 Å². The number of unbranched alkanes of at least 4 members (excludes halogenated alkanes) is 5. The van der Waals surface area contributed by atoms with E-state index in [4.69, 9.17) is 9.47 Å². The smallest absolute Gasteiger partial charge is 0.161 e. The van der Waals surface area contributed by atoms with E-state index in [2.05, 4.69) is 19.9 Å². The van der Waals surface area contributed by atoms with Crippen LogP contribution in [0.2, 0.25) is 0 Å². The summed E-state index contributed by atoms with van der Waals surface area (Å²) in [5, 5.41) is 0. The number of methoxy groups -OCH3 is 1. The van der Waals surface area contributed by atoms with Crippen LogP contribution >= 0.6 is 0 Å². The minimum Gasteiger partial charge on any atom is -0.493 e. The lowest BCUT2D eigenvalue weighted by Crippen LogP contribution is -1.99. The highest BCUT2D eigenvalue weighted by molar-refractivity contribution is 5.42. The third-order valence-electron chi connectivity index (χ3n) is 3.07. The second kappa shape index (κ2) is 8.84. The molecule has 2 heteroatoms. The Morgan fingerprint density at radius 2 is 1.67 bits per heavy atom. The van der Waals surface area contributed by atoms with Crippen molar-refractivity contribution < 1.29 is 9.47 Å². The SMILES string of the molecule is CCCCCCCCOc1ccc(C)cc1OC. The molecule has 0 radical (unpaired) electrons. The van der Waals surface area contributed by atoms with Crippen molar-refractivity contribution in [2.75, 3.05) is 13.7 Å². The van der Waals surface area contributed by atoms with Gasteiger partial charge < -0.3 is 9.47 Å². The molecule has 0 aromatic heterocycles. The van der Waals surface area contributed by atoms with Crippen molar-refractivity contribution in [3.63, 3.8) is 0 Å². The van der Waals surface area contributed by atoms with Crippen LogP contribution in [0.3, 0.4) is 0 Å². The Morgan fingerprint density at radius 3 is 2.39 bits per heavy atom. The number of hydrogen-bond acceptors (Lipinski definition) is 2. The van der Waals surface area contributed by atoms with Crippen LogP contribution in [0.25, 0.3) is 0 Å². The van der Waals surface area contributed by atoms with Crippen LogP contribution in [-0.2, 0) is 0 Å². The van der Waals surface area contributed by atoms with Crippen LogP contribution in [0.4, 0.5) is 0 Å². The summed E-state index contributed by atoms with van der Waals surface area (Å²) in [6, 6.07) is 6.06. The molecule has 0 saturated carbocycles. The molecule has 0 bridgehead atoms. The zero-order chi connectivity index (χ0) is 13.2. The molecule has 102 valence electrons. The number of rotatable bonds is 9. The van der Waals surface area contributed by atoms with Crippen molar-refractivity contribution in [2.24, 2.45) is 0 Å². The van der Waals surface area contributed by atoms with E-state index in [-0.39, 0.29) is 0 Å². The van der Waals surface area contributed by atoms with Gasteiger partial charge in [-0.3, -0.25) is 0 Å². The van der Waals surface area contributed by atoms with Gasteiger partial charge in [-0.1, -0.05) is 45.1 Å². The van der Waals surface area contributed by atoms with Crippen LogP contribution in [0.1, 0.15) is 51.0 Å². The number of ether oxygens (including phenoxy) is 2. The molecule has 0 aliphatic carbocycles. The van der Waals surface area contributed by atoms with Crippen molar-refractivity contribution in [1.29, 1.82) is 0 Å². The first kappa shape index (κ1) is 14.9. The summed E-state index contributed by atoms with van der Waals surface area (Å²) < 4.78 is 11.1. The maximum Gasteiger partial charge on any atom is 0.161 e. The summed E-state index contributed by atoms with van der Waals surface area (Å²) >= 11 is 0. The van der Waals surface area contributed by atoms with E-state index in [0.29, 0.717) is 0 Å². The Bertz CT molecular complexity index is 334. The molecule has 1 aromatic rings. The average molecular weight is 250 g/mol. The normalized spacial score (nSPS) is 10.4. The fraction of sp³-hybridized carbons (Fsp3) is 0.625. The predicted molar refractivity (Wildman–Crippen MR) is 76.6 cm³/mol. The van der Waals surface area contributed by atoms with Gasteiger partial charge in [0, 0.05) is 0 Å². The van der Waals surface area contributed by atoms with Gasteiger partial charge in [-0.05, 0) is 31.0 Å². The first-order valence-corrected chi connectivity index (χ1v) is 7.05. The van der Waals surface area contributed by atoms with Crippen molar-refractivity contribution in [1.82, 2.24) is 0 Å². The van der Waals surface area contributed by atoms with E-state index in [1.165, 1.54) is 37.7 Å². The first-order chi connectivity index (χ1) is 8.77. The quantitative estimate of drug-likeness (QED) is 0.589. The lowest BCUT2D eigenvalue weighted by atomic mass is 10.1. The van der Waals surface area contributed by atoms with Crippen molar-refractivity contribution in [2.45, 2.75) is 52.4 Å². The summed E-state index contributed by atoms with van der Waals surface area (Å²) in [6.45, 7) is 5.08. The molecule has 0 amide bonds. The van der Waals surface area contributed by atoms with Gasteiger partial charge in [0.1, 0.15) is 0 Å². The van der Waals surface area contributed by atoms with Gasteiger partial charge in [-0.25, -0.2) is 0 Å². The lowest BCUT2D eigenvalue weighted by molar-refractivity contribution is 0.284. The Balaban J connectivity index is 2.22. The largest absolute Gasteiger partial charge is 0.493 e. The van der Waals surface area contributed by atoms with E-state index in [9.17, 15) is 0 Å². The van der Waals surface area contributed by atoms with Crippen molar-refractivity contribution in [3.8, 4) is 11.5 Å². The van der Waals surface area contributed by atoms with Gasteiger partial charge in [-0.15, -0.1) is 0 Å². The highest BCUT2D eigenvalue weighted by Crippen LogP contribution is 2.27. The van der Waals surface area contributed by atoms with Gasteiger partial charge in [-0.2, -0.15) is 0 Å². The number of aryl methyl sites for hydroxylation is 1. The molecule has 1 aromatic carbocycles. The molecule has 0 spiro atoms. The standard InChI is InChI=1S/C16H26O2/c1-4-5-6-7-8-9-12-18-15-11-10-14(2)13-16(15)17-3/h10-11,13H,4-9,12H2,1-3H3. The molecule has 0 heterocycles. The molecule has 0 saturated heterocycles. The van der Waals surface area contributed by atoms with Gasteiger partial charge in [0.25, 0.3) is 0 Å². The van der Waals surface area contributed by atoms with Gasteiger partial charge in [0.2, 0.25) is 0 Å². The fourth-order valence-corrected chi connectivity index (χ4v) is 1.96. The third kappa shape index (κ3) is 5.44. The Hall–Kier alpha value is -1.18. The molecule has 0 N–H and O–H groups in total. The van der Waals surface area contributed by atoms with Gasteiger partial charge in [0.15, 0.2) is 11.5 Å². The Morgan fingerprint density at radius 1 is 0.944 bits per heavy atom. The van der Waals surface area contributed by atoms with Crippen LogP contribution in [-0.4, -0.2) is 13.7 Å². The molecule has 0 atom stereocenters. The number of benzene rings is 1. The molecular weight excluding hydrogens is 224 g/mol. The summed E-state index contributed by atoms with van der Waals surface area (Å²) in [6.07, 6.45) is 7.71. The molecule has 0 fully saturated rings. The second-order valence-electron chi connectivity index (χ2n) is 4.77.